The number of aliphatic hydroxyl groups is 1. The minimum atomic E-state index is -0.372. The Labute approximate surface area is 183 Å². The number of aliphatic hydroxyl groups excluding tert-OH is 1. The normalized spacial score (nSPS) is 14.7. The van der Waals surface area contributed by atoms with Crippen LogP contribution in [0.4, 0.5) is 4.39 Å². The Kier molecular flexibility index (Phi) is 6.68. The summed E-state index contributed by atoms with van der Waals surface area (Å²) in [6.07, 6.45) is 2.82. The molecule has 0 amide bonds. The maximum Gasteiger partial charge on any atom is 0.222 e. The predicted octanol–water partition coefficient (Wildman–Crippen LogP) is 5.00. The number of nitrogens with zero attached hydrogens (tertiary/aromatic N) is 3. The fourth-order valence-electron chi connectivity index (χ4n) is 3.81. The van der Waals surface area contributed by atoms with Gasteiger partial charge in [0.1, 0.15) is 17.3 Å². The first kappa shape index (κ1) is 21.5. The number of hydrogen-bond donors (Lipinski definition) is 1. The predicted molar refractivity (Wildman–Crippen MR) is 119 cm³/mol. The third kappa shape index (κ3) is 5.51. The van der Waals surface area contributed by atoms with Crippen molar-refractivity contribution in [1.29, 1.82) is 0 Å². The monoisotopic (exact) mass is 423 g/mol. The van der Waals surface area contributed by atoms with Gasteiger partial charge in [-0.3, -0.25) is 4.90 Å². The van der Waals surface area contributed by atoms with E-state index in [1.807, 2.05) is 44.3 Å². The van der Waals surface area contributed by atoms with Crippen LogP contribution in [-0.2, 0) is 13.6 Å². The number of ether oxygens (including phenoxy) is 1. The summed E-state index contributed by atoms with van der Waals surface area (Å²) in [6, 6.07) is 16.2. The summed E-state index contributed by atoms with van der Waals surface area (Å²) in [5.74, 6) is 1.38. The number of hydrogen-bond acceptors (Lipinski definition) is 4. The summed E-state index contributed by atoms with van der Waals surface area (Å²) in [7, 11) is 1.84. The molecule has 1 N–H and O–H groups in total. The van der Waals surface area contributed by atoms with Gasteiger partial charge in [-0.05, 0) is 37.3 Å². The van der Waals surface area contributed by atoms with Crippen molar-refractivity contribution in [3.63, 3.8) is 0 Å². The lowest BCUT2D eigenvalue weighted by atomic mass is 10.1. The molecule has 4 rings (SSSR count). The summed E-state index contributed by atoms with van der Waals surface area (Å²) in [5, 5.41) is 15.1. The molecule has 1 fully saturated rings. The van der Waals surface area contributed by atoms with Gasteiger partial charge in [-0.25, -0.2) is 9.07 Å². The molecule has 1 unspecified atom stereocenters. The zero-order chi connectivity index (χ0) is 21.8. The van der Waals surface area contributed by atoms with E-state index in [1.54, 1.807) is 16.8 Å². The highest BCUT2D eigenvalue weighted by molar-refractivity contribution is 5.65. The van der Waals surface area contributed by atoms with E-state index in [9.17, 15) is 9.50 Å². The van der Waals surface area contributed by atoms with E-state index < -0.39 is 0 Å². The van der Waals surface area contributed by atoms with E-state index in [2.05, 4.69) is 4.90 Å². The molecule has 5 nitrogen and oxygen atoms in total. The van der Waals surface area contributed by atoms with E-state index >= 15 is 0 Å². The van der Waals surface area contributed by atoms with Crippen molar-refractivity contribution >= 4 is 0 Å². The van der Waals surface area contributed by atoms with Gasteiger partial charge in [-0.2, -0.15) is 5.10 Å². The van der Waals surface area contributed by atoms with Crippen LogP contribution >= 0.6 is 0 Å². The van der Waals surface area contributed by atoms with Gasteiger partial charge in [0.25, 0.3) is 0 Å². The smallest absolute Gasteiger partial charge is 0.222 e. The molecule has 1 heterocycles. The van der Waals surface area contributed by atoms with Crippen LogP contribution in [-0.4, -0.2) is 39.0 Å². The lowest BCUT2D eigenvalue weighted by Crippen LogP contribution is -2.33. The van der Waals surface area contributed by atoms with Crippen molar-refractivity contribution in [3.05, 3.63) is 66.0 Å². The number of aryl methyl sites for hydroxylation is 1. The summed E-state index contributed by atoms with van der Waals surface area (Å²) in [4.78, 5) is 2.30. The number of benzene rings is 2. The highest BCUT2D eigenvalue weighted by atomic mass is 19.1. The average molecular weight is 424 g/mol. The Morgan fingerprint density at radius 1 is 1.19 bits per heavy atom. The molecule has 6 heteroatoms. The molecule has 0 saturated heterocycles. The first-order valence-electron chi connectivity index (χ1n) is 11.0. The summed E-state index contributed by atoms with van der Waals surface area (Å²) >= 11 is 0. The van der Waals surface area contributed by atoms with Crippen LogP contribution in [0.5, 0.6) is 11.6 Å². The Morgan fingerprint density at radius 3 is 2.65 bits per heavy atom. The molecule has 1 aromatic heterocycles. The van der Waals surface area contributed by atoms with Gasteiger partial charge < -0.3 is 9.84 Å². The molecule has 0 radical (unpaired) electrons. The molecule has 0 aliphatic heterocycles. The maximum atomic E-state index is 13.7. The van der Waals surface area contributed by atoms with Crippen molar-refractivity contribution in [2.24, 2.45) is 13.0 Å². The van der Waals surface area contributed by atoms with Crippen molar-refractivity contribution in [2.45, 2.75) is 38.8 Å². The lowest BCUT2D eigenvalue weighted by Gasteiger charge is -2.25. The van der Waals surface area contributed by atoms with Gasteiger partial charge in [0, 0.05) is 38.3 Å². The fraction of sp³-hybridized carbons (Fsp3) is 0.400. The van der Waals surface area contributed by atoms with Crippen molar-refractivity contribution < 1.29 is 14.2 Å². The van der Waals surface area contributed by atoms with Crippen molar-refractivity contribution in [3.8, 4) is 22.9 Å². The lowest BCUT2D eigenvalue weighted by molar-refractivity contribution is 0.102. The molecule has 1 aliphatic rings. The summed E-state index contributed by atoms with van der Waals surface area (Å²) < 4.78 is 21.6. The average Bonchev–Trinajstić information content (AvgIpc) is 3.53. The van der Waals surface area contributed by atoms with Crippen LogP contribution in [0.1, 0.15) is 31.7 Å². The molecular formula is C25H30FN3O2. The molecule has 2 aromatic carbocycles. The minimum Gasteiger partial charge on any atom is -0.439 e. The first-order valence-corrected chi connectivity index (χ1v) is 11.0. The molecule has 31 heavy (non-hydrogen) atoms. The van der Waals surface area contributed by atoms with E-state index in [1.165, 1.54) is 25.0 Å². The Balaban J connectivity index is 1.71. The molecule has 1 atom stereocenters. The molecular weight excluding hydrogens is 393 g/mol. The zero-order valence-electron chi connectivity index (χ0n) is 18.2. The van der Waals surface area contributed by atoms with E-state index in [0.29, 0.717) is 37.1 Å². The van der Waals surface area contributed by atoms with Crippen LogP contribution < -0.4 is 4.74 Å². The molecule has 3 aromatic rings. The largest absolute Gasteiger partial charge is 0.439 e. The standard InChI is InChI=1S/C25H30FN3O2/c1-3-21(30)16-29(15-18-12-13-18)17-23-24(19-8-5-4-6-9-19)27-28(2)25(23)31-22-11-7-10-20(26)14-22/h4-11,14,18,21,30H,3,12-13,15-17H2,1-2H3. The highest BCUT2D eigenvalue weighted by Crippen LogP contribution is 2.36. The first-order chi connectivity index (χ1) is 15.0. The third-order valence-corrected chi connectivity index (χ3v) is 5.68. The second-order valence-electron chi connectivity index (χ2n) is 8.38. The maximum absolute atomic E-state index is 13.7. The van der Waals surface area contributed by atoms with Gasteiger partial charge >= 0.3 is 0 Å². The SMILES string of the molecule is CCC(O)CN(Cc1c(-c2ccccc2)nn(C)c1Oc1cccc(F)c1)CC1CC1. The van der Waals surface area contributed by atoms with E-state index in [0.717, 1.165) is 23.4 Å². The second-order valence-corrected chi connectivity index (χ2v) is 8.38. The molecule has 1 aliphatic carbocycles. The molecule has 1 saturated carbocycles. The van der Waals surface area contributed by atoms with Crippen molar-refractivity contribution in [1.82, 2.24) is 14.7 Å². The van der Waals surface area contributed by atoms with Crippen LogP contribution in [0.25, 0.3) is 11.3 Å². The van der Waals surface area contributed by atoms with Gasteiger partial charge in [0.2, 0.25) is 5.88 Å². The second kappa shape index (κ2) is 9.62. The number of rotatable bonds is 10. The fourth-order valence-corrected chi connectivity index (χ4v) is 3.81. The number of halogens is 1. The quantitative estimate of drug-likeness (QED) is 0.499. The Morgan fingerprint density at radius 2 is 1.97 bits per heavy atom. The summed E-state index contributed by atoms with van der Waals surface area (Å²) in [5.41, 5.74) is 2.80. The van der Waals surface area contributed by atoms with Crippen LogP contribution in [0.3, 0.4) is 0 Å². The summed E-state index contributed by atoms with van der Waals surface area (Å²) in [6.45, 7) is 4.16. The van der Waals surface area contributed by atoms with Gasteiger partial charge in [0.15, 0.2) is 0 Å². The molecule has 164 valence electrons. The third-order valence-electron chi connectivity index (χ3n) is 5.68. The van der Waals surface area contributed by atoms with E-state index in [-0.39, 0.29) is 11.9 Å². The van der Waals surface area contributed by atoms with Gasteiger partial charge in [-0.1, -0.05) is 43.3 Å². The van der Waals surface area contributed by atoms with E-state index in [4.69, 9.17) is 9.84 Å². The molecule has 0 spiro atoms. The van der Waals surface area contributed by atoms with Gasteiger partial charge in [0.05, 0.1) is 11.7 Å². The highest BCUT2D eigenvalue weighted by Gasteiger charge is 2.28. The zero-order valence-corrected chi connectivity index (χ0v) is 18.2. The topological polar surface area (TPSA) is 50.5 Å². The van der Waals surface area contributed by atoms with Crippen LogP contribution in [0.2, 0.25) is 0 Å². The van der Waals surface area contributed by atoms with Crippen molar-refractivity contribution in [2.75, 3.05) is 13.1 Å². The Hall–Kier alpha value is -2.70. The van der Waals surface area contributed by atoms with Crippen LogP contribution in [0, 0.1) is 11.7 Å². The van der Waals surface area contributed by atoms with Gasteiger partial charge in [-0.15, -0.1) is 0 Å². The Bertz CT molecular complexity index is 1000. The van der Waals surface area contributed by atoms with Crippen LogP contribution in [0.15, 0.2) is 54.6 Å². The molecule has 0 bridgehead atoms. The number of aromatic nitrogens is 2. The minimum absolute atomic E-state index is 0.342.